The molecule has 0 atom stereocenters. The van der Waals surface area contributed by atoms with E-state index in [1.165, 1.54) is 31.5 Å². The zero-order valence-electron chi connectivity index (χ0n) is 25.1. The fraction of sp³-hybridized carbons (Fsp3) is 0.355. The van der Waals surface area contributed by atoms with Crippen LogP contribution in [-0.4, -0.2) is 87.2 Å². The highest BCUT2D eigenvalue weighted by Gasteiger charge is 2.23. The molecular weight excluding hydrogens is 605 g/mol. The first kappa shape index (κ1) is 33.0. The molecule has 0 unspecified atom stereocenters. The van der Waals surface area contributed by atoms with Crippen molar-refractivity contribution >= 4 is 52.2 Å². The van der Waals surface area contributed by atoms with Gasteiger partial charge in [0.25, 0.3) is 0 Å². The van der Waals surface area contributed by atoms with Crippen LogP contribution >= 0.6 is 23.2 Å². The Balaban J connectivity index is 1.54. The Morgan fingerprint density at radius 3 is 2.36 bits per heavy atom. The van der Waals surface area contributed by atoms with Crippen LogP contribution in [0.15, 0.2) is 49.3 Å². The van der Waals surface area contributed by atoms with Gasteiger partial charge in [0.05, 0.1) is 36.4 Å². The molecule has 234 valence electrons. The molecule has 0 saturated carbocycles. The maximum absolute atomic E-state index is 13.3. The van der Waals surface area contributed by atoms with E-state index in [4.69, 9.17) is 38.4 Å². The third kappa shape index (κ3) is 7.78. The lowest BCUT2D eigenvalue weighted by Crippen LogP contribution is -2.47. The molecule has 2 aromatic carbocycles. The van der Waals surface area contributed by atoms with Crippen LogP contribution in [0.3, 0.4) is 0 Å². The Morgan fingerprint density at radius 2 is 1.75 bits per heavy atom. The van der Waals surface area contributed by atoms with Gasteiger partial charge in [-0.2, -0.15) is 0 Å². The first-order valence-corrected chi connectivity index (χ1v) is 14.8. The molecule has 1 aliphatic rings. The Kier molecular flexibility index (Phi) is 11.4. The van der Waals surface area contributed by atoms with E-state index in [-0.39, 0.29) is 28.3 Å². The van der Waals surface area contributed by atoms with Crippen LogP contribution < -0.4 is 30.3 Å². The number of likely N-dealkylation sites (N-methyl/N-ethyl adjacent to an activating group) is 1. The molecule has 0 aliphatic carbocycles. The van der Waals surface area contributed by atoms with Gasteiger partial charge in [0, 0.05) is 81.8 Å². The van der Waals surface area contributed by atoms with Crippen LogP contribution in [0, 0.1) is 0 Å². The van der Waals surface area contributed by atoms with Crippen molar-refractivity contribution in [1.29, 1.82) is 0 Å². The average molecular weight is 643 g/mol. The van der Waals surface area contributed by atoms with Crippen LogP contribution in [0.5, 0.6) is 11.5 Å². The molecule has 44 heavy (non-hydrogen) atoms. The average Bonchev–Trinajstić information content (AvgIpc) is 3.04. The van der Waals surface area contributed by atoms with Gasteiger partial charge in [-0.1, -0.05) is 35.8 Å². The maximum atomic E-state index is 13.3. The second kappa shape index (κ2) is 15.2. The molecule has 1 aromatic heterocycles. The molecule has 1 saturated heterocycles. The summed E-state index contributed by atoms with van der Waals surface area (Å²) in [6.07, 6.45) is 2.92. The molecule has 3 N–H and O–H groups in total. The number of rotatable bonds is 12. The van der Waals surface area contributed by atoms with Gasteiger partial charge in [0.15, 0.2) is 0 Å². The smallest absolute Gasteiger partial charge is 0.247 e. The second-order valence-electron chi connectivity index (χ2n) is 10.2. The minimum atomic E-state index is -0.309. The van der Waals surface area contributed by atoms with Crippen molar-refractivity contribution in [3.63, 3.8) is 0 Å². The van der Waals surface area contributed by atoms with E-state index in [0.29, 0.717) is 47.2 Å². The van der Waals surface area contributed by atoms with Crippen molar-refractivity contribution in [2.24, 2.45) is 5.73 Å². The van der Waals surface area contributed by atoms with Gasteiger partial charge in [-0.25, -0.2) is 9.97 Å². The number of anilines is 3. The predicted molar refractivity (Wildman–Crippen MR) is 174 cm³/mol. The Morgan fingerprint density at radius 1 is 1.07 bits per heavy atom. The van der Waals surface area contributed by atoms with E-state index in [1.54, 1.807) is 19.2 Å². The molecular formula is C31H37Cl2N7O4. The second-order valence-corrected chi connectivity index (χ2v) is 11.0. The number of carbonyl (C=O) groups excluding carboxylic acids is 2. The standard InChI is InChI=1S/C31H37Cl2N7O4/c1-5-28(41)37-24-16-22(40-12-10-39(9-8-34)11-13-40)7-6-20(24)14-21-15-27(36-19-35-21)38(2)29(42)17-23-30(32)25(43-3)18-26(44-4)31(23)33/h5-7,15-16,18-19H,1,8-14,17,34H2,2-4H3,(H,37,41). The Hall–Kier alpha value is -3.90. The summed E-state index contributed by atoms with van der Waals surface area (Å²) >= 11 is 13.0. The van der Waals surface area contributed by atoms with Crippen LogP contribution in [0.4, 0.5) is 17.2 Å². The Bertz CT molecular complexity index is 1480. The summed E-state index contributed by atoms with van der Waals surface area (Å²) in [5, 5.41) is 3.41. The molecule has 0 spiro atoms. The Labute approximate surface area is 267 Å². The van der Waals surface area contributed by atoms with Gasteiger partial charge in [0.2, 0.25) is 11.8 Å². The summed E-state index contributed by atoms with van der Waals surface area (Å²) in [4.78, 5) is 40.4. The number of ether oxygens (including phenoxy) is 2. The van der Waals surface area contributed by atoms with Gasteiger partial charge in [-0.05, 0) is 23.8 Å². The number of carbonyl (C=O) groups is 2. The molecule has 2 amide bonds. The van der Waals surface area contributed by atoms with Crippen molar-refractivity contribution in [1.82, 2.24) is 14.9 Å². The number of aromatic nitrogens is 2. The number of nitrogens with one attached hydrogen (secondary N) is 1. The lowest BCUT2D eigenvalue weighted by molar-refractivity contribution is -0.117. The van der Waals surface area contributed by atoms with E-state index < -0.39 is 0 Å². The fourth-order valence-electron chi connectivity index (χ4n) is 4.98. The summed E-state index contributed by atoms with van der Waals surface area (Å²) in [5.41, 5.74) is 9.30. The van der Waals surface area contributed by atoms with E-state index in [9.17, 15) is 9.59 Å². The molecule has 4 rings (SSSR count). The lowest BCUT2D eigenvalue weighted by Gasteiger charge is -2.36. The first-order chi connectivity index (χ1) is 21.2. The molecule has 1 fully saturated rings. The van der Waals surface area contributed by atoms with Crippen molar-refractivity contribution < 1.29 is 19.1 Å². The summed E-state index contributed by atoms with van der Waals surface area (Å²) in [6.45, 7) is 8.69. The highest BCUT2D eigenvalue weighted by Crippen LogP contribution is 2.40. The molecule has 2 heterocycles. The largest absolute Gasteiger partial charge is 0.495 e. The predicted octanol–water partition coefficient (Wildman–Crippen LogP) is 3.80. The lowest BCUT2D eigenvalue weighted by atomic mass is 10.0. The van der Waals surface area contributed by atoms with Crippen molar-refractivity contribution in [2.45, 2.75) is 12.8 Å². The molecule has 1 aliphatic heterocycles. The van der Waals surface area contributed by atoms with Gasteiger partial charge in [-0.3, -0.25) is 19.4 Å². The minimum Gasteiger partial charge on any atom is -0.495 e. The summed E-state index contributed by atoms with van der Waals surface area (Å²) in [6, 6.07) is 9.31. The molecule has 13 heteroatoms. The third-order valence-electron chi connectivity index (χ3n) is 7.51. The van der Waals surface area contributed by atoms with Gasteiger partial charge < -0.3 is 25.4 Å². The topological polar surface area (TPSA) is 126 Å². The van der Waals surface area contributed by atoms with Crippen LogP contribution in [0.25, 0.3) is 0 Å². The van der Waals surface area contributed by atoms with Crippen molar-refractivity contribution in [3.05, 3.63) is 76.2 Å². The number of hydrogen-bond donors (Lipinski definition) is 2. The van der Waals surface area contributed by atoms with Crippen LogP contribution in [-0.2, 0) is 22.4 Å². The summed E-state index contributed by atoms with van der Waals surface area (Å²) in [5.74, 6) is 0.481. The first-order valence-electron chi connectivity index (χ1n) is 14.1. The van der Waals surface area contributed by atoms with Gasteiger partial charge in [0.1, 0.15) is 23.6 Å². The zero-order chi connectivity index (χ0) is 31.8. The number of hydrogen-bond acceptors (Lipinski definition) is 9. The van der Waals surface area contributed by atoms with Gasteiger partial charge >= 0.3 is 0 Å². The maximum Gasteiger partial charge on any atom is 0.247 e. The molecule has 11 nitrogen and oxygen atoms in total. The highest BCUT2D eigenvalue weighted by atomic mass is 35.5. The number of piperazine rings is 1. The van der Waals surface area contributed by atoms with Crippen molar-refractivity contribution in [3.8, 4) is 11.5 Å². The molecule has 3 aromatic rings. The summed E-state index contributed by atoms with van der Waals surface area (Å²) in [7, 11) is 4.56. The highest BCUT2D eigenvalue weighted by molar-refractivity contribution is 6.38. The van der Waals surface area contributed by atoms with E-state index in [0.717, 1.165) is 44.0 Å². The number of amides is 2. The SMILES string of the molecule is C=CC(=O)Nc1cc(N2CCN(CCN)CC2)ccc1Cc1cc(N(C)C(=O)Cc2c(Cl)c(OC)cc(OC)c2Cl)ncn1. The van der Waals surface area contributed by atoms with Gasteiger partial charge in [-0.15, -0.1) is 0 Å². The third-order valence-corrected chi connectivity index (χ3v) is 8.34. The van der Waals surface area contributed by atoms with E-state index in [1.807, 2.05) is 18.2 Å². The number of methoxy groups -OCH3 is 2. The summed E-state index contributed by atoms with van der Waals surface area (Å²) < 4.78 is 10.6. The number of halogens is 2. The van der Waals surface area contributed by atoms with Crippen LogP contribution in [0.1, 0.15) is 16.8 Å². The zero-order valence-corrected chi connectivity index (χ0v) is 26.6. The number of nitrogens with two attached hydrogens (primary N) is 1. The molecule has 0 radical (unpaired) electrons. The quantitative estimate of drug-likeness (QED) is 0.284. The monoisotopic (exact) mass is 641 g/mol. The van der Waals surface area contributed by atoms with E-state index in [2.05, 4.69) is 31.7 Å². The number of nitrogens with zero attached hydrogens (tertiary/aromatic N) is 5. The van der Waals surface area contributed by atoms with E-state index >= 15 is 0 Å². The minimum absolute atomic E-state index is 0.110. The normalized spacial score (nSPS) is 13.4. The van der Waals surface area contributed by atoms with Crippen molar-refractivity contribution in [2.75, 3.05) is 75.7 Å². The van der Waals surface area contributed by atoms with Crippen LogP contribution in [0.2, 0.25) is 10.0 Å². The molecule has 0 bridgehead atoms. The fourth-order valence-corrected chi connectivity index (χ4v) is 5.61. The number of benzene rings is 2.